The zero-order valence-electron chi connectivity index (χ0n) is 12.5. The monoisotopic (exact) mass is 325 g/mol. The average Bonchev–Trinajstić information content (AvgIpc) is 2.54. The predicted octanol–water partition coefficient (Wildman–Crippen LogP) is 2.94. The van der Waals surface area contributed by atoms with E-state index in [9.17, 15) is 4.79 Å². The van der Waals surface area contributed by atoms with Gasteiger partial charge in [-0.3, -0.25) is 0 Å². The Kier molecular flexibility index (Phi) is 6.73. The van der Waals surface area contributed by atoms with Crippen LogP contribution in [0.3, 0.4) is 0 Å². The first kappa shape index (κ1) is 16.5. The molecule has 21 heavy (non-hydrogen) atoms. The maximum Gasteiger partial charge on any atom is 0.319 e. The summed E-state index contributed by atoms with van der Waals surface area (Å²) in [6.45, 7) is 2.84. The third-order valence-corrected chi connectivity index (χ3v) is 6.32. The number of rotatable bonds is 5. The second kappa shape index (κ2) is 8.56. The molecule has 0 spiro atoms. The summed E-state index contributed by atoms with van der Waals surface area (Å²) >= 11 is 3.92. The highest BCUT2D eigenvalue weighted by atomic mass is 32.2. The average molecular weight is 326 g/mol. The third-order valence-electron chi connectivity index (χ3n) is 3.48. The van der Waals surface area contributed by atoms with Crippen LogP contribution in [-0.4, -0.2) is 42.1 Å². The summed E-state index contributed by atoms with van der Waals surface area (Å²) in [6.07, 6.45) is 0. The summed E-state index contributed by atoms with van der Waals surface area (Å²) in [5.41, 5.74) is 2.03. The highest BCUT2D eigenvalue weighted by molar-refractivity contribution is 8.06. The molecule has 1 aliphatic rings. The number of carbonyl (C=O) groups excluding carboxylic acids is 1. The van der Waals surface area contributed by atoms with Gasteiger partial charge in [0.1, 0.15) is 0 Å². The van der Waals surface area contributed by atoms with Crippen molar-refractivity contribution in [3.05, 3.63) is 29.8 Å². The van der Waals surface area contributed by atoms with E-state index in [1.165, 1.54) is 17.1 Å². The van der Waals surface area contributed by atoms with Gasteiger partial charge in [0, 0.05) is 40.8 Å². The highest BCUT2D eigenvalue weighted by Crippen LogP contribution is 2.23. The van der Waals surface area contributed by atoms with Gasteiger partial charge in [0.25, 0.3) is 0 Å². The molecule has 0 aromatic heterocycles. The normalized spacial score (nSPS) is 19.8. The van der Waals surface area contributed by atoms with Gasteiger partial charge in [-0.05, 0) is 31.7 Å². The first-order chi connectivity index (χ1) is 10.2. The van der Waals surface area contributed by atoms with Crippen molar-refractivity contribution in [3.8, 4) is 0 Å². The van der Waals surface area contributed by atoms with Crippen molar-refractivity contribution in [2.75, 3.05) is 36.2 Å². The fourth-order valence-corrected chi connectivity index (χ4v) is 4.67. The number of urea groups is 1. The van der Waals surface area contributed by atoms with E-state index in [1.54, 1.807) is 0 Å². The number of anilines is 1. The van der Waals surface area contributed by atoms with Gasteiger partial charge in [-0.25, -0.2) is 4.79 Å². The Morgan fingerprint density at radius 1 is 1.33 bits per heavy atom. The number of hydrogen-bond acceptors (Lipinski definition) is 4. The molecule has 1 fully saturated rings. The van der Waals surface area contributed by atoms with E-state index in [2.05, 4.69) is 22.9 Å². The zero-order chi connectivity index (χ0) is 15.1. The van der Waals surface area contributed by atoms with Crippen LogP contribution in [0.1, 0.15) is 18.5 Å². The van der Waals surface area contributed by atoms with Crippen LogP contribution in [0.2, 0.25) is 0 Å². The molecule has 6 heteroatoms. The molecule has 1 aromatic carbocycles. The van der Waals surface area contributed by atoms with Gasteiger partial charge >= 0.3 is 6.03 Å². The minimum absolute atomic E-state index is 0.124. The molecular weight excluding hydrogens is 302 g/mol. The molecule has 3 N–H and O–H groups in total. The molecule has 1 heterocycles. The number of benzene rings is 1. The Bertz CT molecular complexity index is 447. The summed E-state index contributed by atoms with van der Waals surface area (Å²) < 4.78 is 0. The fraction of sp³-hybridized carbons (Fsp3) is 0.533. The van der Waals surface area contributed by atoms with Crippen LogP contribution in [0.25, 0.3) is 0 Å². The van der Waals surface area contributed by atoms with E-state index in [0.717, 1.165) is 18.0 Å². The van der Waals surface area contributed by atoms with Crippen molar-refractivity contribution < 1.29 is 4.79 Å². The van der Waals surface area contributed by atoms with Crippen LogP contribution in [-0.2, 0) is 0 Å². The molecule has 2 rings (SSSR count). The van der Waals surface area contributed by atoms with Crippen LogP contribution < -0.4 is 16.0 Å². The summed E-state index contributed by atoms with van der Waals surface area (Å²) in [5.74, 6) is 3.54. The van der Waals surface area contributed by atoms with Crippen molar-refractivity contribution in [1.29, 1.82) is 0 Å². The van der Waals surface area contributed by atoms with Crippen LogP contribution in [0, 0.1) is 0 Å². The molecule has 1 aliphatic heterocycles. The number of carbonyl (C=O) groups is 1. The number of nitrogens with one attached hydrogen (secondary N) is 3. The van der Waals surface area contributed by atoms with Gasteiger partial charge in [0.2, 0.25) is 0 Å². The van der Waals surface area contributed by atoms with Gasteiger partial charge in [-0.1, -0.05) is 12.1 Å². The number of hydrogen-bond donors (Lipinski definition) is 3. The molecule has 1 aromatic rings. The van der Waals surface area contributed by atoms with Crippen LogP contribution >= 0.6 is 23.5 Å². The molecule has 116 valence electrons. The topological polar surface area (TPSA) is 53.2 Å². The van der Waals surface area contributed by atoms with E-state index in [1.807, 2.05) is 54.8 Å². The number of thioether (sulfide) groups is 2. The summed E-state index contributed by atoms with van der Waals surface area (Å²) in [6, 6.07) is 8.13. The van der Waals surface area contributed by atoms with Gasteiger partial charge in [0.05, 0.1) is 0 Å². The largest absolute Gasteiger partial charge is 0.337 e. The maximum atomic E-state index is 11.9. The fourth-order valence-electron chi connectivity index (χ4n) is 2.06. The highest BCUT2D eigenvalue weighted by Gasteiger charge is 2.15. The lowest BCUT2D eigenvalue weighted by molar-refractivity contribution is 0.252. The smallest absolute Gasteiger partial charge is 0.319 e. The summed E-state index contributed by atoms with van der Waals surface area (Å²) in [4.78, 5) is 11.9. The third kappa shape index (κ3) is 5.45. The van der Waals surface area contributed by atoms with Crippen LogP contribution in [0.4, 0.5) is 10.5 Å². The molecule has 2 unspecified atom stereocenters. The van der Waals surface area contributed by atoms with Gasteiger partial charge in [-0.15, -0.1) is 0 Å². The molecule has 0 bridgehead atoms. The maximum absolute atomic E-state index is 11.9. The lowest BCUT2D eigenvalue weighted by Gasteiger charge is -2.21. The van der Waals surface area contributed by atoms with Crippen molar-refractivity contribution in [1.82, 2.24) is 10.6 Å². The Morgan fingerprint density at radius 3 is 2.71 bits per heavy atom. The minimum Gasteiger partial charge on any atom is -0.337 e. The molecule has 2 atom stereocenters. The van der Waals surface area contributed by atoms with Crippen molar-refractivity contribution in [2.24, 2.45) is 0 Å². The minimum atomic E-state index is -0.124. The Hall–Kier alpha value is -0.850. The zero-order valence-corrected chi connectivity index (χ0v) is 14.2. The second-order valence-electron chi connectivity index (χ2n) is 5.04. The quantitative estimate of drug-likeness (QED) is 0.779. The summed E-state index contributed by atoms with van der Waals surface area (Å²) in [5, 5.41) is 9.56. The molecule has 4 nitrogen and oxygen atoms in total. The van der Waals surface area contributed by atoms with Crippen molar-refractivity contribution in [3.63, 3.8) is 0 Å². The van der Waals surface area contributed by atoms with Crippen molar-refractivity contribution in [2.45, 2.75) is 18.2 Å². The van der Waals surface area contributed by atoms with Crippen LogP contribution in [0.5, 0.6) is 0 Å². The van der Waals surface area contributed by atoms with E-state index >= 15 is 0 Å². The van der Waals surface area contributed by atoms with Crippen LogP contribution in [0.15, 0.2) is 24.3 Å². The predicted molar refractivity (Wildman–Crippen MR) is 94.5 cm³/mol. The lowest BCUT2D eigenvalue weighted by Crippen LogP contribution is -2.36. The Balaban J connectivity index is 1.76. The first-order valence-electron chi connectivity index (χ1n) is 7.20. The standard InChI is InChI=1S/C15H23N3OS2/c1-11(16-2)12-3-5-13(6-4-12)18-15(19)17-9-14-10-20-7-8-21-14/h3-6,11,14,16H,7-10H2,1-2H3,(H2,17,18,19). The molecule has 0 saturated carbocycles. The SMILES string of the molecule is CNC(C)c1ccc(NC(=O)NCC2CSCCS2)cc1. The van der Waals surface area contributed by atoms with E-state index in [-0.39, 0.29) is 6.03 Å². The Morgan fingerprint density at radius 2 is 2.10 bits per heavy atom. The molecule has 0 radical (unpaired) electrons. The van der Waals surface area contributed by atoms with Gasteiger partial charge in [-0.2, -0.15) is 23.5 Å². The summed E-state index contributed by atoms with van der Waals surface area (Å²) in [7, 11) is 1.94. The molecule has 0 aliphatic carbocycles. The lowest BCUT2D eigenvalue weighted by atomic mass is 10.1. The van der Waals surface area contributed by atoms with E-state index in [0.29, 0.717) is 11.3 Å². The second-order valence-corrected chi connectivity index (χ2v) is 7.59. The van der Waals surface area contributed by atoms with Gasteiger partial charge < -0.3 is 16.0 Å². The van der Waals surface area contributed by atoms with E-state index < -0.39 is 0 Å². The Labute approximate surface area is 135 Å². The molecule has 1 saturated heterocycles. The molecule has 2 amide bonds. The number of amides is 2. The van der Waals surface area contributed by atoms with Crippen molar-refractivity contribution >= 4 is 35.2 Å². The van der Waals surface area contributed by atoms with E-state index in [4.69, 9.17) is 0 Å². The molecular formula is C15H23N3OS2. The first-order valence-corrected chi connectivity index (χ1v) is 9.41. The van der Waals surface area contributed by atoms with Gasteiger partial charge in [0.15, 0.2) is 0 Å².